The monoisotopic (exact) mass is 268 g/mol. The molecule has 15 heavy (non-hydrogen) atoms. The van der Waals surface area contributed by atoms with Gasteiger partial charge in [-0.25, -0.2) is 0 Å². The Bertz CT molecular complexity index is 344. The van der Waals surface area contributed by atoms with Crippen LogP contribution in [0.3, 0.4) is 0 Å². The number of halogens is 1. The van der Waals surface area contributed by atoms with E-state index < -0.39 is 0 Å². The van der Waals surface area contributed by atoms with Crippen LogP contribution in [0, 0.1) is 0 Å². The summed E-state index contributed by atoms with van der Waals surface area (Å²) < 4.78 is 6.22. The third kappa shape index (κ3) is 3.38. The minimum Gasteiger partial charge on any atom is -0.496 e. The molecule has 2 heteroatoms. The molecule has 0 aliphatic carbocycles. The largest absolute Gasteiger partial charge is 0.496 e. The molecule has 0 radical (unpaired) electrons. The quantitative estimate of drug-likeness (QED) is 0.730. The van der Waals surface area contributed by atoms with Gasteiger partial charge in [0, 0.05) is 0 Å². The standard InChI is InChI=1S/C13H17BrO/c1-4-5-6-10(2)11-7-8-13(15-3)12(14)9-11/h4-5,7-10H,6H2,1-3H3/b5-4-. The van der Waals surface area contributed by atoms with Crippen molar-refractivity contribution >= 4 is 15.9 Å². The molecule has 1 atom stereocenters. The highest BCUT2D eigenvalue weighted by Gasteiger charge is 2.06. The average Bonchev–Trinajstić information content (AvgIpc) is 2.25. The van der Waals surface area contributed by atoms with E-state index in [1.165, 1.54) is 5.56 Å². The Morgan fingerprint density at radius 2 is 2.20 bits per heavy atom. The fourth-order valence-corrected chi connectivity index (χ4v) is 2.02. The summed E-state index contributed by atoms with van der Waals surface area (Å²) in [5, 5.41) is 0. The first-order chi connectivity index (χ1) is 7.19. The normalized spacial score (nSPS) is 13.1. The van der Waals surface area contributed by atoms with Crippen molar-refractivity contribution in [2.24, 2.45) is 0 Å². The third-order valence-corrected chi connectivity index (χ3v) is 3.09. The second-order valence-electron chi connectivity index (χ2n) is 3.60. The third-order valence-electron chi connectivity index (χ3n) is 2.47. The van der Waals surface area contributed by atoms with Crippen LogP contribution >= 0.6 is 15.9 Å². The Kier molecular flexibility index (Phi) is 4.89. The van der Waals surface area contributed by atoms with Crippen molar-refractivity contribution in [1.82, 2.24) is 0 Å². The van der Waals surface area contributed by atoms with Gasteiger partial charge in [-0.3, -0.25) is 0 Å². The molecule has 0 aromatic heterocycles. The molecule has 1 rings (SSSR count). The maximum Gasteiger partial charge on any atom is 0.133 e. The maximum absolute atomic E-state index is 5.20. The van der Waals surface area contributed by atoms with Crippen molar-refractivity contribution in [3.8, 4) is 5.75 Å². The van der Waals surface area contributed by atoms with E-state index in [1.807, 2.05) is 6.07 Å². The SMILES string of the molecule is C/C=C\CC(C)c1ccc(OC)c(Br)c1. The lowest BCUT2D eigenvalue weighted by molar-refractivity contribution is 0.412. The summed E-state index contributed by atoms with van der Waals surface area (Å²) in [6.45, 7) is 4.28. The highest BCUT2D eigenvalue weighted by molar-refractivity contribution is 9.10. The molecule has 0 heterocycles. The van der Waals surface area contributed by atoms with Crippen LogP contribution in [0.15, 0.2) is 34.8 Å². The van der Waals surface area contributed by atoms with E-state index in [0.717, 1.165) is 16.6 Å². The predicted molar refractivity (Wildman–Crippen MR) is 68.5 cm³/mol. The number of benzene rings is 1. The zero-order valence-electron chi connectivity index (χ0n) is 9.46. The summed E-state index contributed by atoms with van der Waals surface area (Å²) in [4.78, 5) is 0. The minimum atomic E-state index is 0.545. The molecule has 0 fully saturated rings. The lowest BCUT2D eigenvalue weighted by Crippen LogP contribution is -1.93. The molecule has 0 amide bonds. The van der Waals surface area contributed by atoms with Gasteiger partial charge in [-0.2, -0.15) is 0 Å². The topological polar surface area (TPSA) is 9.23 Å². The second-order valence-corrected chi connectivity index (χ2v) is 4.45. The average molecular weight is 269 g/mol. The zero-order chi connectivity index (χ0) is 11.3. The van der Waals surface area contributed by atoms with E-state index in [0.29, 0.717) is 5.92 Å². The molecule has 1 nitrogen and oxygen atoms in total. The van der Waals surface area contributed by atoms with Gasteiger partial charge in [0.1, 0.15) is 5.75 Å². The van der Waals surface area contributed by atoms with Gasteiger partial charge in [-0.15, -0.1) is 0 Å². The minimum absolute atomic E-state index is 0.545. The summed E-state index contributed by atoms with van der Waals surface area (Å²) in [5.74, 6) is 1.43. The van der Waals surface area contributed by atoms with Gasteiger partial charge < -0.3 is 4.74 Å². The van der Waals surface area contributed by atoms with Crippen LogP contribution in [0.4, 0.5) is 0 Å². The number of methoxy groups -OCH3 is 1. The van der Waals surface area contributed by atoms with Crippen molar-refractivity contribution < 1.29 is 4.74 Å². The van der Waals surface area contributed by atoms with Gasteiger partial charge in [0.25, 0.3) is 0 Å². The number of allylic oxidation sites excluding steroid dienone is 2. The molecule has 0 aliphatic rings. The number of rotatable bonds is 4. The van der Waals surface area contributed by atoms with E-state index >= 15 is 0 Å². The molecule has 0 aliphatic heterocycles. The molecule has 82 valence electrons. The summed E-state index contributed by atoms with van der Waals surface area (Å²) >= 11 is 3.50. The first kappa shape index (κ1) is 12.3. The second kappa shape index (κ2) is 5.96. The van der Waals surface area contributed by atoms with Crippen LogP contribution in [-0.4, -0.2) is 7.11 Å². The van der Waals surface area contributed by atoms with Crippen LogP contribution in [0.2, 0.25) is 0 Å². The van der Waals surface area contributed by atoms with E-state index in [4.69, 9.17) is 4.74 Å². The van der Waals surface area contributed by atoms with Gasteiger partial charge >= 0.3 is 0 Å². The Hall–Kier alpha value is -0.760. The molecular weight excluding hydrogens is 252 g/mol. The van der Waals surface area contributed by atoms with Crippen molar-refractivity contribution in [3.05, 3.63) is 40.4 Å². The zero-order valence-corrected chi connectivity index (χ0v) is 11.0. The molecule has 0 spiro atoms. The van der Waals surface area contributed by atoms with Crippen molar-refractivity contribution in [1.29, 1.82) is 0 Å². The lowest BCUT2D eigenvalue weighted by atomic mass is 9.98. The highest BCUT2D eigenvalue weighted by atomic mass is 79.9. The van der Waals surface area contributed by atoms with Crippen LogP contribution in [0.1, 0.15) is 31.7 Å². The number of ether oxygens (including phenoxy) is 1. The molecule has 0 bridgehead atoms. The van der Waals surface area contributed by atoms with E-state index in [9.17, 15) is 0 Å². The van der Waals surface area contributed by atoms with Crippen LogP contribution < -0.4 is 4.74 Å². The van der Waals surface area contributed by atoms with Crippen molar-refractivity contribution in [2.75, 3.05) is 7.11 Å². The summed E-state index contributed by atoms with van der Waals surface area (Å²) in [6, 6.07) is 6.26. The van der Waals surface area contributed by atoms with Crippen LogP contribution in [0.25, 0.3) is 0 Å². The van der Waals surface area contributed by atoms with Crippen LogP contribution in [0.5, 0.6) is 5.75 Å². The lowest BCUT2D eigenvalue weighted by Gasteiger charge is -2.11. The maximum atomic E-state index is 5.20. The Labute approximate surface area is 100 Å². The molecule has 0 N–H and O–H groups in total. The first-order valence-corrected chi connectivity index (χ1v) is 5.93. The van der Waals surface area contributed by atoms with Gasteiger partial charge in [0.05, 0.1) is 11.6 Å². The highest BCUT2D eigenvalue weighted by Crippen LogP contribution is 2.29. The van der Waals surface area contributed by atoms with Gasteiger partial charge in [-0.05, 0) is 52.9 Å². The summed E-state index contributed by atoms with van der Waals surface area (Å²) in [7, 11) is 1.68. The van der Waals surface area contributed by atoms with Crippen molar-refractivity contribution in [3.63, 3.8) is 0 Å². The smallest absolute Gasteiger partial charge is 0.133 e. The van der Waals surface area contributed by atoms with E-state index in [-0.39, 0.29) is 0 Å². The molecule has 1 unspecified atom stereocenters. The van der Waals surface area contributed by atoms with Crippen LogP contribution in [-0.2, 0) is 0 Å². The van der Waals surface area contributed by atoms with Gasteiger partial charge in [-0.1, -0.05) is 25.1 Å². The molecule has 0 saturated heterocycles. The Morgan fingerprint density at radius 3 is 2.73 bits per heavy atom. The molecule has 1 aromatic carbocycles. The van der Waals surface area contributed by atoms with Crippen molar-refractivity contribution in [2.45, 2.75) is 26.2 Å². The number of hydrogen-bond donors (Lipinski definition) is 0. The van der Waals surface area contributed by atoms with E-state index in [1.54, 1.807) is 7.11 Å². The fourth-order valence-electron chi connectivity index (χ4n) is 1.47. The van der Waals surface area contributed by atoms with Gasteiger partial charge in [0.15, 0.2) is 0 Å². The number of hydrogen-bond acceptors (Lipinski definition) is 1. The fraction of sp³-hybridized carbons (Fsp3) is 0.385. The Balaban J connectivity index is 2.82. The van der Waals surface area contributed by atoms with Gasteiger partial charge in [0.2, 0.25) is 0 Å². The summed E-state index contributed by atoms with van der Waals surface area (Å²) in [5.41, 5.74) is 1.33. The first-order valence-electron chi connectivity index (χ1n) is 5.13. The predicted octanol–water partition coefficient (Wildman–Crippen LogP) is 4.53. The molecular formula is C13H17BrO. The van der Waals surface area contributed by atoms with E-state index in [2.05, 4.69) is 54.1 Å². The molecule has 1 aromatic rings. The Morgan fingerprint density at radius 1 is 1.47 bits per heavy atom. The molecule has 0 saturated carbocycles. The summed E-state index contributed by atoms with van der Waals surface area (Å²) in [6.07, 6.45) is 5.37.